The van der Waals surface area contributed by atoms with Gasteiger partial charge in [-0.1, -0.05) is 30.3 Å². The molecule has 0 bridgehead atoms. The molecule has 0 aliphatic carbocycles. The zero-order valence-electron chi connectivity index (χ0n) is 14.9. The second kappa shape index (κ2) is 8.10. The van der Waals surface area contributed by atoms with Crippen LogP contribution in [-0.2, 0) is 6.54 Å². The molecule has 1 aliphatic heterocycles. The second-order valence-electron chi connectivity index (χ2n) is 6.62. The molecular formula is C20H23N3O3. The maximum Gasteiger partial charge on any atom is 0.293 e. The molecular weight excluding hydrogens is 330 g/mol. The summed E-state index contributed by atoms with van der Waals surface area (Å²) in [5, 5.41) is 11.5. The summed E-state index contributed by atoms with van der Waals surface area (Å²) in [6.45, 7) is 5.62. The minimum atomic E-state index is -0.394. The van der Waals surface area contributed by atoms with E-state index in [9.17, 15) is 14.9 Å². The maximum atomic E-state index is 11.5. The Morgan fingerprint density at radius 1 is 1.08 bits per heavy atom. The number of nitro benzene ring substituents is 1. The molecule has 136 valence electrons. The third-order valence-corrected chi connectivity index (χ3v) is 4.76. The molecule has 0 atom stereocenters. The smallest absolute Gasteiger partial charge is 0.293 e. The van der Waals surface area contributed by atoms with Crippen LogP contribution in [0.1, 0.15) is 29.3 Å². The monoisotopic (exact) mass is 353 g/mol. The molecule has 0 radical (unpaired) electrons. The number of nitrogens with zero attached hydrogens (tertiary/aromatic N) is 3. The average Bonchev–Trinajstić information content (AvgIpc) is 2.87. The molecule has 2 aromatic carbocycles. The van der Waals surface area contributed by atoms with Crippen LogP contribution >= 0.6 is 0 Å². The highest BCUT2D eigenvalue weighted by atomic mass is 16.6. The Balaban J connectivity index is 1.74. The molecule has 0 unspecified atom stereocenters. The Kier molecular flexibility index (Phi) is 5.63. The molecule has 1 saturated heterocycles. The van der Waals surface area contributed by atoms with Gasteiger partial charge in [0, 0.05) is 44.4 Å². The Hall–Kier alpha value is -2.73. The van der Waals surface area contributed by atoms with Crippen molar-refractivity contribution in [3.05, 3.63) is 69.8 Å². The van der Waals surface area contributed by atoms with Crippen molar-refractivity contribution in [3.63, 3.8) is 0 Å². The highest BCUT2D eigenvalue weighted by Gasteiger charge is 2.23. The summed E-state index contributed by atoms with van der Waals surface area (Å²) >= 11 is 0. The van der Waals surface area contributed by atoms with Crippen molar-refractivity contribution >= 4 is 17.2 Å². The lowest BCUT2D eigenvalue weighted by atomic mass is 10.1. The molecule has 6 heteroatoms. The van der Waals surface area contributed by atoms with Crippen molar-refractivity contribution in [2.45, 2.75) is 19.9 Å². The number of hydrogen-bond acceptors (Lipinski definition) is 5. The first kappa shape index (κ1) is 18.1. The Bertz CT molecular complexity index is 792. The van der Waals surface area contributed by atoms with E-state index in [0.29, 0.717) is 11.3 Å². The summed E-state index contributed by atoms with van der Waals surface area (Å²) in [7, 11) is 0. The summed E-state index contributed by atoms with van der Waals surface area (Å²) < 4.78 is 0. The normalized spacial score (nSPS) is 15.5. The van der Waals surface area contributed by atoms with Gasteiger partial charge in [-0.15, -0.1) is 0 Å². The number of ketones is 1. The third kappa shape index (κ3) is 4.26. The van der Waals surface area contributed by atoms with Crippen LogP contribution in [0.5, 0.6) is 0 Å². The maximum absolute atomic E-state index is 11.5. The number of carbonyl (C=O) groups is 1. The molecule has 0 amide bonds. The van der Waals surface area contributed by atoms with Crippen molar-refractivity contribution in [3.8, 4) is 0 Å². The summed E-state index contributed by atoms with van der Waals surface area (Å²) in [5.41, 5.74) is 2.26. The highest BCUT2D eigenvalue weighted by molar-refractivity contribution is 5.95. The fourth-order valence-electron chi connectivity index (χ4n) is 3.37. The lowest BCUT2D eigenvalue weighted by molar-refractivity contribution is -0.384. The van der Waals surface area contributed by atoms with E-state index in [2.05, 4.69) is 21.9 Å². The van der Waals surface area contributed by atoms with Crippen molar-refractivity contribution in [1.29, 1.82) is 0 Å². The largest absolute Gasteiger partial charge is 0.365 e. The molecule has 3 rings (SSSR count). The van der Waals surface area contributed by atoms with Crippen molar-refractivity contribution in [2.24, 2.45) is 0 Å². The quantitative estimate of drug-likeness (QED) is 0.467. The van der Waals surface area contributed by atoms with Gasteiger partial charge in [-0.2, -0.15) is 0 Å². The predicted molar refractivity (Wildman–Crippen MR) is 102 cm³/mol. The number of carbonyl (C=O) groups excluding carboxylic acids is 1. The van der Waals surface area contributed by atoms with Gasteiger partial charge in [0.1, 0.15) is 5.69 Å². The first-order valence-electron chi connectivity index (χ1n) is 8.85. The summed E-state index contributed by atoms with van der Waals surface area (Å²) in [4.78, 5) is 27.1. The number of benzene rings is 2. The zero-order chi connectivity index (χ0) is 18.5. The molecule has 26 heavy (non-hydrogen) atoms. The van der Waals surface area contributed by atoms with Gasteiger partial charge in [-0.05, 0) is 31.0 Å². The van der Waals surface area contributed by atoms with Gasteiger partial charge in [0.15, 0.2) is 5.78 Å². The topological polar surface area (TPSA) is 66.7 Å². The van der Waals surface area contributed by atoms with Crippen LogP contribution in [0, 0.1) is 10.1 Å². The number of Topliss-reactive ketones (excluding diaryl/α,β-unsaturated/α-hetero) is 1. The van der Waals surface area contributed by atoms with E-state index in [-0.39, 0.29) is 11.5 Å². The summed E-state index contributed by atoms with van der Waals surface area (Å²) in [5.74, 6) is -0.162. The lowest BCUT2D eigenvalue weighted by Crippen LogP contribution is -2.30. The SMILES string of the molecule is CC(=O)c1ccc(N2CCCN(Cc3ccccc3)CC2)c([N+](=O)[O-])c1. The predicted octanol–water partition coefficient (Wildman–Crippen LogP) is 3.51. The number of anilines is 1. The van der Waals surface area contributed by atoms with Gasteiger partial charge in [0.05, 0.1) is 4.92 Å². The van der Waals surface area contributed by atoms with Crippen molar-refractivity contribution in [1.82, 2.24) is 4.90 Å². The fourth-order valence-corrected chi connectivity index (χ4v) is 3.37. The molecule has 1 fully saturated rings. The third-order valence-electron chi connectivity index (χ3n) is 4.76. The second-order valence-corrected chi connectivity index (χ2v) is 6.62. The number of nitro groups is 1. The van der Waals surface area contributed by atoms with Crippen molar-refractivity contribution in [2.75, 3.05) is 31.1 Å². The Labute approximate surface area is 153 Å². The molecule has 0 saturated carbocycles. The van der Waals surface area contributed by atoms with Crippen LogP contribution < -0.4 is 4.90 Å². The molecule has 0 spiro atoms. The molecule has 2 aromatic rings. The molecule has 1 heterocycles. The van der Waals surface area contributed by atoms with Crippen LogP contribution in [0.25, 0.3) is 0 Å². The van der Waals surface area contributed by atoms with E-state index in [4.69, 9.17) is 0 Å². The average molecular weight is 353 g/mol. The van der Waals surface area contributed by atoms with Crippen LogP contribution in [0.4, 0.5) is 11.4 Å². The molecule has 1 aliphatic rings. The standard InChI is InChI=1S/C20H23N3O3/c1-16(24)18-8-9-19(20(14-18)23(25)26)22-11-5-10-21(12-13-22)15-17-6-3-2-4-7-17/h2-4,6-9,14H,5,10-13,15H2,1H3. The van der Waals surface area contributed by atoms with E-state index in [1.54, 1.807) is 12.1 Å². The van der Waals surface area contributed by atoms with E-state index in [0.717, 1.165) is 39.1 Å². The van der Waals surface area contributed by atoms with Crippen LogP contribution in [0.15, 0.2) is 48.5 Å². The van der Waals surface area contributed by atoms with E-state index in [1.165, 1.54) is 18.6 Å². The first-order valence-corrected chi connectivity index (χ1v) is 8.85. The zero-order valence-corrected chi connectivity index (χ0v) is 14.9. The summed E-state index contributed by atoms with van der Waals surface area (Å²) in [6, 6.07) is 15.1. The van der Waals surface area contributed by atoms with Gasteiger partial charge in [0.25, 0.3) is 5.69 Å². The summed E-state index contributed by atoms with van der Waals surface area (Å²) in [6.07, 6.45) is 0.943. The minimum Gasteiger partial charge on any atom is -0.365 e. The number of hydrogen-bond donors (Lipinski definition) is 0. The van der Waals surface area contributed by atoms with Gasteiger partial charge < -0.3 is 4.90 Å². The van der Waals surface area contributed by atoms with Crippen LogP contribution in [0.2, 0.25) is 0 Å². The van der Waals surface area contributed by atoms with Crippen molar-refractivity contribution < 1.29 is 9.72 Å². The highest BCUT2D eigenvalue weighted by Crippen LogP contribution is 2.30. The van der Waals surface area contributed by atoms with Gasteiger partial charge in [0.2, 0.25) is 0 Å². The Morgan fingerprint density at radius 2 is 1.85 bits per heavy atom. The minimum absolute atomic E-state index is 0.00853. The molecule has 0 aromatic heterocycles. The fraction of sp³-hybridized carbons (Fsp3) is 0.350. The lowest BCUT2D eigenvalue weighted by Gasteiger charge is -2.23. The van der Waals surface area contributed by atoms with Gasteiger partial charge in [-0.3, -0.25) is 19.8 Å². The van der Waals surface area contributed by atoms with Gasteiger partial charge in [-0.25, -0.2) is 0 Å². The van der Waals surface area contributed by atoms with Crippen LogP contribution in [-0.4, -0.2) is 41.8 Å². The van der Waals surface area contributed by atoms with E-state index >= 15 is 0 Å². The van der Waals surface area contributed by atoms with E-state index in [1.807, 2.05) is 18.2 Å². The Morgan fingerprint density at radius 3 is 2.54 bits per heavy atom. The van der Waals surface area contributed by atoms with Crippen LogP contribution in [0.3, 0.4) is 0 Å². The molecule has 6 nitrogen and oxygen atoms in total. The van der Waals surface area contributed by atoms with Gasteiger partial charge >= 0.3 is 0 Å². The number of rotatable bonds is 5. The first-order chi connectivity index (χ1) is 12.5. The molecule has 0 N–H and O–H groups in total. The van der Waals surface area contributed by atoms with E-state index < -0.39 is 4.92 Å².